The van der Waals surface area contributed by atoms with Crippen LogP contribution in [0.2, 0.25) is 0 Å². The molecule has 3 heterocycles. The van der Waals surface area contributed by atoms with E-state index in [4.69, 9.17) is 15.2 Å². The molecule has 9 nitrogen and oxygen atoms in total. The summed E-state index contributed by atoms with van der Waals surface area (Å²) in [5.41, 5.74) is 6.61. The van der Waals surface area contributed by atoms with Gasteiger partial charge >= 0.3 is 0 Å². The fourth-order valence-electron chi connectivity index (χ4n) is 2.85. The van der Waals surface area contributed by atoms with Crippen molar-refractivity contribution < 1.29 is 19.7 Å². The van der Waals surface area contributed by atoms with E-state index in [0.717, 1.165) is 0 Å². The molecule has 1 fully saturated rings. The Balaban J connectivity index is 1.54. The molecule has 1 saturated heterocycles. The molecule has 2 aromatic heterocycles. The lowest BCUT2D eigenvalue weighted by Crippen LogP contribution is -2.34. The summed E-state index contributed by atoms with van der Waals surface area (Å²) < 4.78 is 12.9. The Labute approximate surface area is 142 Å². The summed E-state index contributed by atoms with van der Waals surface area (Å²) in [4.78, 5) is 12.2. The molecule has 0 radical (unpaired) electrons. The summed E-state index contributed by atoms with van der Waals surface area (Å²) >= 11 is 0. The minimum Gasteiger partial charge on any atom is -0.491 e. The van der Waals surface area contributed by atoms with Crippen molar-refractivity contribution in [1.29, 1.82) is 0 Å². The van der Waals surface area contributed by atoms with E-state index in [1.165, 1.54) is 17.2 Å². The van der Waals surface area contributed by atoms with Crippen LogP contribution in [0.3, 0.4) is 0 Å². The number of hydrogen-bond acceptors (Lipinski definition) is 8. The Morgan fingerprint density at radius 2 is 1.92 bits per heavy atom. The molecule has 1 aliphatic heterocycles. The van der Waals surface area contributed by atoms with Gasteiger partial charge < -0.3 is 25.4 Å². The number of para-hydroxylation sites is 1. The molecule has 130 valence electrons. The largest absolute Gasteiger partial charge is 0.491 e. The maximum Gasteiger partial charge on any atom is 0.167 e. The van der Waals surface area contributed by atoms with Crippen molar-refractivity contribution in [2.24, 2.45) is 0 Å². The van der Waals surface area contributed by atoms with Crippen molar-refractivity contribution in [2.45, 2.75) is 24.5 Å². The maximum atomic E-state index is 10.4. The van der Waals surface area contributed by atoms with Gasteiger partial charge in [-0.05, 0) is 12.1 Å². The number of ether oxygens (including phenoxy) is 2. The monoisotopic (exact) mass is 343 g/mol. The van der Waals surface area contributed by atoms with Gasteiger partial charge in [0.15, 0.2) is 17.7 Å². The minimum atomic E-state index is -1.15. The van der Waals surface area contributed by atoms with Gasteiger partial charge in [0, 0.05) is 0 Å². The number of aromatic nitrogens is 4. The predicted molar refractivity (Wildman–Crippen MR) is 87.6 cm³/mol. The van der Waals surface area contributed by atoms with Crippen LogP contribution in [0.5, 0.6) is 5.75 Å². The van der Waals surface area contributed by atoms with E-state index in [2.05, 4.69) is 15.0 Å². The number of aliphatic hydroxyl groups is 2. The predicted octanol–water partition coefficient (Wildman–Crippen LogP) is 0.107. The summed E-state index contributed by atoms with van der Waals surface area (Å²) in [6.07, 6.45) is -1.04. The first-order valence-corrected chi connectivity index (χ1v) is 7.77. The zero-order valence-electron chi connectivity index (χ0n) is 13.1. The van der Waals surface area contributed by atoms with Crippen LogP contribution < -0.4 is 10.5 Å². The highest BCUT2D eigenvalue weighted by molar-refractivity contribution is 5.81. The molecule has 9 heteroatoms. The first kappa shape index (κ1) is 15.8. The molecular formula is C16H17N5O4. The summed E-state index contributed by atoms with van der Waals surface area (Å²) in [7, 11) is 0. The van der Waals surface area contributed by atoms with Gasteiger partial charge in [-0.2, -0.15) is 0 Å². The highest BCUT2D eigenvalue weighted by Gasteiger charge is 2.44. The Bertz CT molecular complexity index is 871. The Morgan fingerprint density at radius 1 is 1.12 bits per heavy atom. The van der Waals surface area contributed by atoms with Crippen molar-refractivity contribution in [1.82, 2.24) is 19.5 Å². The van der Waals surface area contributed by atoms with Crippen LogP contribution in [0.15, 0.2) is 43.0 Å². The van der Waals surface area contributed by atoms with Crippen LogP contribution in [-0.2, 0) is 4.74 Å². The molecule has 0 unspecified atom stereocenters. The Kier molecular flexibility index (Phi) is 3.96. The third-order valence-electron chi connectivity index (χ3n) is 4.16. The number of nitrogen functional groups attached to an aromatic ring is 1. The van der Waals surface area contributed by atoms with E-state index in [1.54, 1.807) is 12.1 Å². The van der Waals surface area contributed by atoms with E-state index in [1.807, 2.05) is 18.2 Å². The second-order valence-electron chi connectivity index (χ2n) is 5.75. The zero-order chi connectivity index (χ0) is 17.4. The minimum absolute atomic E-state index is 0.0997. The maximum absolute atomic E-state index is 10.4. The molecule has 4 rings (SSSR count). The van der Waals surface area contributed by atoms with Gasteiger partial charge in [0.2, 0.25) is 0 Å². The van der Waals surface area contributed by atoms with Crippen LogP contribution in [0.4, 0.5) is 5.82 Å². The quantitative estimate of drug-likeness (QED) is 0.609. The molecule has 0 saturated carbocycles. The normalized spacial score (nSPS) is 26.2. The van der Waals surface area contributed by atoms with Crippen LogP contribution in [0, 0.1) is 0 Å². The number of benzene rings is 1. The molecule has 4 atom stereocenters. The van der Waals surface area contributed by atoms with E-state index >= 15 is 0 Å². The fourth-order valence-corrected chi connectivity index (χ4v) is 2.85. The number of nitrogens with two attached hydrogens (primary N) is 1. The molecule has 25 heavy (non-hydrogen) atoms. The topological polar surface area (TPSA) is 129 Å². The average Bonchev–Trinajstić information content (AvgIpc) is 3.18. The second kappa shape index (κ2) is 6.28. The number of hydrogen-bond donors (Lipinski definition) is 3. The fraction of sp³-hybridized carbons (Fsp3) is 0.312. The van der Waals surface area contributed by atoms with Crippen LogP contribution in [0.25, 0.3) is 11.2 Å². The lowest BCUT2D eigenvalue weighted by atomic mass is 10.1. The van der Waals surface area contributed by atoms with Gasteiger partial charge in [0.25, 0.3) is 0 Å². The van der Waals surface area contributed by atoms with Gasteiger partial charge in [0.05, 0.1) is 6.33 Å². The number of nitrogens with zero attached hydrogens (tertiary/aromatic N) is 4. The second-order valence-corrected chi connectivity index (χ2v) is 5.75. The van der Waals surface area contributed by atoms with E-state index in [0.29, 0.717) is 16.9 Å². The Morgan fingerprint density at radius 3 is 2.72 bits per heavy atom. The molecule has 1 aromatic carbocycles. The first-order valence-electron chi connectivity index (χ1n) is 7.77. The highest BCUT2D eigenvalue weighted by atomic mass is 16.6. The standard InChI is InChI=1S/C16H17N5O4/c17-14-11-15(19-7-18-14)21(8-20-11)16-13(23)12(22)10(25-16)6-24-9-4-2-1-3-5-9/h1-5,7-8,10,12-13,16,22-23H,6H2,(H2,17,18,19)/t10-,12-,13-,16-/m1/s1. The summed E-state index contributed by atoms with van der Waals surface area (Å²) in [6.45, 7) is 0.0997. The number of aliphatic hydroxyl groups excluding tert-OH is 2. The van der Waals surface area contributed by atoms with Gasteiger partial charge in [-0.25, -0.2) is 15.0 Å². The van der Waals surface area contributed by atoms with E-state index < -0.39 is 24.5 Å². The number of fused-ring (bicyclic) bond motifs is 1. The van der Waals surface area contributed by atoms with Gasteiger partial charge in [-0.15, -0.1) is 0 Å². The summed E-state index contributed by atoms with van der Waals surface area (Å²) in [6, 6.07) is 9.18. The molecule has 0 bridgehead atoms. The molecular weight excluding hydrogens is 326 g/mol. The molecule has 0 amide bonds. The Hall–Kier alpha value is -2.75. The SMILES string of the molecule is Nc1ncnc2c1ncn2[C@@H]1O[C@H](COc2ccccc2)[C@@H](O)[C@H]1O. The molecule has 3 aromatic rings. The molecule has 0 aliphatic carbocycles. The van der Waals surface area contributed by atoms with Crippen molar-refractivity contribution in [3.05, 3.63) is 43.0 Å². The van der Waals surface area contributed by atoms with Crippen LogP contribution in [0.1, 0.15) is 6.23 Å². The summed E-state index contributed by atoms with van der Waals surface area (Å²) in [5, 5.41) is 20.7. The van der Waals surface area contributed by atoms with Crippen molar-refractivity contribution >= 4 is 17.0 Å². The lowest BCUT2D eigenvalue weighted by Gasteiger charge is -2.16. The third kappa shape index (κ3) is 2.78. The van der Waals surface area contributed by atoms with E-state index in [9.17, 15) is 10.2 Å². The molecule has 1 aliphatic rings. The van der Waals surface area contributed by atoms with E-state index in [-0.39, 0.29) is 12.4 Å². The zero-order valence-corrected chi connectivity index (χ0v) is 13.1. The number of imidazole rings is 1. The van der Waals surface area contributed by atoms with Crippen LogP contribution in [-0.4, -0.2) is 54.7 Å². The third-order valence-corrected chi connectivity index (χ3v) is 4.16. The number of rotatable bonds is 4. The summed E-state index contributed by atoms with van der Waals surface area (Å²) in [5.74, 6) is 0.894. The first-order chi connectivity index (χ1) is 12.1. The molecule has 0 spiro atoms. The highest BCUT2D eigenvalue weighted by Crippen LogP contribution is 2.32. The van der Waals surface area contributed by atoms with Crippen LogP contribution >= 0.6 is 0 Å². The average molecular weight is 343 g/mol. The van der Waals surface area contributed by atoms with Gasteiger partial charge in [0.1, 0.15) is 42.5 Å². The van der Waals surface area contributed by atoms with Gasteiger partial charge in [-0.1, -0.05) is 18.2 Å². The van der Waals surface area contributed by atoms with Gasteiger partial charge in [-0.3, -0.25) is 4.57 Å². The number of anilines is 1. The lowest BCUT2D eigenvalue weighted by molar-refractivity contribution is -0.0474. The van der Waals surface area contributed by atoms with Crippen molar-refractivity contribution in [3.63, 3.8) is 0 Å². The molecule has 4 N–H and O–H groups in total. The van der Waals surface area contributed by atoms with Crippen molar-refractivity contribution in [3.8, 4) is 5.75 Å². The van der Waals surface area contributed by atoms with Crippen molar-refractivity contribution in [2.75, 3.05) is 12.3 Å². The smallest absolute Gasteiger partial charge is 0.167 e.